The molecule has 0 spiro atoms. The molecule has 20 heavy (non-hydrogen) atoms. The molecule has 0 aromatic carbocycles. The van der Waals surface area contributed by atoms with Crippen LogP contribution in [0.1, 0.15) is 26.7 Å². The second-order valence-corrected chi connectivity index (χ2v) is 6.85. The van der Waals surface area contributed by atoms with Gasteiger partial charge in [0.15, 0.2) is 16.6 Å². The number of anilines is 2. The number of ether oxygens (including phenoxy) is 1. The lowest BCUT2D eigenvalue weighted by molar-refractivity contribution is 0.237. The van der Waals surface area contributed by atoms with Gasteiger partial charge in [0.25, 0.3) is 0 Å². The van der Waals surface area contributed by atoms with Crippen molar-refractivity contribution in [1.29, 1.82) is 0 Å². The topological polar surface area (TPSA) is 54.6 Å². The Morgan fingerprint density at radius 3 is 2.60 bits per heavy atom. The highest BCUT2D eigenvalue weighted by molar-refractivity contribution is 7.11. The quantitative estimate of drug-likeness (QED) is 0.901. The van der Waals surface area contributed by atoms with E-state index in [2.05, 4.69) is 14.2 Å². The van der Waals surface area contributed by atoms with Crippen LogP contribution in [-0.4, -0.2) is 48.1 Å². The van der Waals surface area contributed by atoms with Crippen LogP contribution in [-0.2, 0) is 0 Å². The molecule has 0 radical (unpaired) electrons. The Kier molecular flexibility index (Phi) is 4.03. The number of nitrogens with two attached hydrogens (primary N) is 1. The smallest absolute Gasteiger partial charge is 0.198 e. The van der Waals surface area contributed by atoms with Crippen molar-refractivity contribution >= 4 is 22.4 Å². The number of nitrogens with zero attached hydrogens (tertiary/aromatic N) is 3. The lowest BCUT2D eigenvalue weighted by Crippen LogP contribution is -2.46. The summed E-state index contributed by atoms with van der Waals surface area (Å²) >= 11 is 1.46. The molecule has 0 bridgehead atoms. The number of piperazine rings is 1. The summed E-state index contributed by atoms with van der Waals surface area (Å²) in [5.74, 6) is 2.28. The zero-order valence-corrected chi connectivity index (χ0v) is 13.2. The molecule has 2 aliphatic rings. The Morgan fingerprint density at radius 1 is 1.30 bits per heavy atom. The van der Waals surface area contributed by atoms with E-state index in [-0.39, 0.29) is 6.10 Å². The van der Waals surface area contributed by atoms with E-state index in [0.29, 0.717) is 5.82 Å². The summed E-state index contributed by atoms with van der Waals surface area (Å²) in [6.07, 6.45) is 2.99. The van der Waals surface area contributed by atoms with Gasteiger partial charge in [0, 0.05) is 32.7 Å². The minimum atomic E-state index is 0.128. The molecule has 2 heterocycles. The fourth-order valence-electron chi connectivity index (χ4n) is 2.63. The fraction of sp³-hybridized carbons (Fsp3) is 0.786. The standard InChI is InChI=1S/C14H24N4OS/c1-10(2)19-12-13(15)16-20-14(12)18-7-5-17(6-8-18)9-11-3-4-11/h10-11H,3-9H2,1-2H3,(H2,15,16). The van der Waals surface area contributed by atoms with Gasteiger partial charge in [-0.25, -0.2) is 0 Å². The lowest BCUT2D eigenvalue weighted by Gasteiger charge is -2.35. The molecule has 0 unspecified atom stereocenters. The molecule has 1 saturated heterocycles. The highest BCUT2D eigenvalue weighted by Gasteiger charge is 2.28. The van der Waals surface area contributed by atoms with E-state index < -0.39 is 0 Å². The number of hydrogen-bond donors (Lipinski definition) is 1. The molecule has 0 atom stereocenters. The number of aromatic nitrogens is 1. The molecule has 1 saturated carbocycles. The number of hydrogen-bond acceptors (Lipinski definition) is 6. The minimum Gasteiger partial charge on any atom is -0.484 e. The van der Waals surface area contributed by atoms with E-state index in [1.54, 1.807) is 0 Å². The van der Waals surface area contributed by atoms with Gasteiger partial charge in [0.1, 0.15) is 0 Å². The van der Waals surface area contributed by atoms with Crippen LogP contribution in [0.4, 0.5) is 10.8 Å². The van der Waals surface area contributed by atoms with Crippen LogP contribution in [0.3, 0.4) is 0 Å². The molecule has 2 fully saturated rings. The molecule has 112 valence electrons. The van der Waals surface area contributed by atoms with Crippen molar-refractivity contribution in [3.05, 3.63) is 0 Å². The summed E-state index contributed by atoms with van der Waals surface area (Å²) in [6.45, 7) is 9.69. The molecule has 3 rings (SSSR count). The molecular formula is C14H24N4OS. The average Bonchev–Trinajstić information content (AvgIpc) is 3.16. The first-order chi connectivity index (χ1) is 9.63. The second-order valence-electron chi connectivity index (χ2n) is 6.10. The zero-order chi connectivity index (χ0) is 14.1. The van der Waals surface area contributed by atoms with Gasteiger partial charge in [-0.05, 0) is 44.1 Å². The first-order valence-electron chi connectivity index (χ1n) is 7.52. The molecular weight excluding hydrogens is 272 g/mol. The third-order valence-electron chi connectivity index (χ3n) is 3.88. The molecule has 2 N–H and O–H groups in total. The van der Waals surface area contributed by atoms with E-state index >= 15 is 0 Å². The van der Waals surface area contributed by atoms with E-state index in [1.807, 2.05) is 13.8 Å². The summed E-state index contributed by atoms with van der Waals surface area (Å²) < 4.78 is 10.1. The predicted molar refractivity (Wildman–Crippen MR) is 83.7 cm³/mol. The Labute approximate surface area is 124 Å². The van der Waals surface area contributed by atoms with Gasteiger partial charge in [0.05, 0.1) is 6.10 Å². The summed E-state index contributed by atoms with van der Waals surface area (Å²) in [5, 5.41) is 1.10. The monoisotopic (exact) mass is 296 g/mol. The van der Waals surface area contributed by atoms with Crippen molar-refractivity contribution in [3.8, 4) is 5.75 Å². The van der Waals surface area contributed by atoms with Crippen LogP contribution in [0.5, 0.6) is 5.75 Å². The third kappa shape index (κ3) is 3.17. The first-order valence-corrected chi connectivity index (χ1v) is 8.30. The lowest BCUT2D eigenvalue weighted by atomic mass is 10.3. The molecule has 6 heteroatoms. The summed E-state index contributed by atoms with van der Waals surface area (Å²) in [4.78, 5) is 4.96. The van der Waals surface area contributed by atoms with E-state index in [4.69, 9.17) is 10.5 Å². The molecule has 1 aliphatic carbocycles. The molecule has 1 aromatic heterocycles. The van der Waals surface area contributed by atoms with Crippen molar-refractivity contribution < 1.29 is 4.74 Å². The summed E-state index contributed by atoms with van der Waals surface area (Å²) in [6, 6.07) is 0. The van der Waals surface area contributed by atoms with Crippen LogP contribution < -0.4 is 15.4 Å². The average molecular weight is 296 g/mol. The summed E-state index contributed by atoms with van der Waals surface area (Å²) in [7, 11) is 0. The Hall–Kier alpha value is -1.01. The number of rotatable bonds is 5. The van der Waals surface area contributed by atoms with Crippen LogP contribution in [0, 0.1) is 5.92 Å². The minimum absolute atomic E-state index is 0.128. The second kappa shape index (κ2) is 5.77. The van der Waals surface area contributed by atoms with E-state index in [9.17, 15) is 0 Å². The van der Waals surface area contributed by atoms with Crippen LogP contribution in [0.2, 0.25) is 0 Å². The molecule has 0 amide bonds. The normalized spacial score (nSPS) is 20.6. The van der Waals surface area contributed by atoms with E-state index in [1.165, 1.54) is 30.9 Å². The molecule has 1 aliphatic heterocycles. The van der Waals surface area contributed by atoms with Gasteiger partial charge in [-0.2, -0.15) is 4.37 Å². The SMILES string of the molecule is CC(C)Oc1c(N)nsc1N1CCN(CC2CC2)CC1. The Balaban J connectivity index is 1.62. The zero-order valence-electron chi connectivity index (χ0n) is 12.3. The maximum absolute atomic E-state index is 5.94. The summed E-state index contributed by atoms with van der Waals surface area (Å²) in [5.41, 5.74) is 5.94. The van der Waals surface area contributed by atoms with Crippen molar-refractivity contribution in [3.63, 3.8) is 0 Å². The maximum Gasteiger partial charge on any atom is 0.198 e. The highest BCUT2D eigenvalue weighted by atomic mass is 32.1. The Bertz CT molecular complexity index is 450. The van der Waals surface area contributed by atoms with Gasteiger partial charge in [-0.3, -0.25) is 4.90 Å². The van der Waals surface area contributed by atoms with Crippen LogP contribution in [0.15, 0.2) is 0 Å². The maximum atomic E-state index is 5.94. The van der Waals surface area contributed by atoms with Gasteiger partial charge < -0.3 is 15.4 Å². The van der Waals surface area contributed by atoms with Crippen molar-refractivity contribution in [1.82, 2.24) is 9.27 Å². The third-order valence-corrected chi connectivity index (χ3v) is 4.79. The fourth-order valence-corrected chi connectivity index (χ4v) is 3.43. The van der Waals surface area contributed by atoms with Crippen LogP contribution in [0.25, 0.3) is 0 Å². The first kappa shape index (κ1) is 13.9. The van der Waals surface area contributed by atoms with Gasteiger partial charge >= 0.3 is 0 Å². The predicted octanol–water partition coefficient (Wildman–Crippen LogP) is 2.04. The highest BCUT2D eigenvalue weighted by Crippen LogP contribution is 2.39. The van der Waals surface area contributed by atoms with Gasteiger partial charge in [-0.15, -0.1) is 0 Å². The van der Waals surface area contributed by atoms with Crippen molar-refractivity contribution in [2.24, 2.45) is 5.92 Å². The molecule has 5 nitrogen and oxygen atoms in total. The van der Waals surface area contributed by atoms with Gasteiger partial charge in [0.2, 0.25) is 0 Å². The van der Waals surface area contributed by atoms with Gasteiger partial charge in [-0.1, -0.05) is 0 Å². The largest absolute Gasteiger partial charge is 0.484 e. The van der Waals surface area contributed by atoms with Crippen molar-refractivity contribution in [2.75, 3.05) is 43.4 Å². The van der Waals surface area contributed by atoms with Crippen molar-refractivity contribution in [2.45, 2.75) is 32.8 Å². The Morgan fingerprint density at radius 2 is 2.00 bits per heavy atom. The number of nitrogen functional groups attached to an aromatic ring is 1. The molecule has 1 aromatic rings. The van der Waals surface area contributed by atoms with E-state index in [0.717, 1.165) is 42.8 Å². The van der Waals surface area contributed by atoms with Crippen LogP contribution >= 0.6 is 11.5 Å².